The van der Waals surface area contributed by atoms with E-state index in [9.17, 15) is 9.59 Å². The lowest BCUT2D eigenvalue weighted by Gasteiger charge is -2.24. The Bertz CT molecular complexity index is 533. The molecule has 114 valence electrons. The van der Waals surface area contributed by atoms with Crippen LogP contribution in [0.4, 0.5) is 0 Å². The van der Waals surface area contributed by atoms with Crippen LogP contribution in [0.1, 0.15) is 32.3 Å². The van der Waals surface area contributed by atoms with E-state index in [2.05, 4.69) is 5.32 Å². The summed E-state index contributed by atoms with van der Waals surface area (Å²) in [6.45, 7) is 4.16. The fourth-order valence-corrected chi connectivity index (χ4v) is 3.04. The molecule has 0 unspecified atom stereocenters. The molecule has 1 aliphatic heterocycles. The summed E-state index contributed by atoms with van der Waals surface area (Å²) in [6.07, 6.45) is 2.36. The Morgan fingerprint density at radius 2 is 2.24 bits per heavy atom. The molecule has 1 saturated heterocycles. The molecule has 5 heteroatoms. The highest BCUT2D eigenvalue weighted by Gasteiger charge is 2.32. The molecule has 1 fully saturated rings. The fourth-order valence-electron chi connectivity index (χ4n) is 2.82. The van der Waals surface area contributed by atoms with Gasteiger partial charge in [0.1, 0.15) is 6.04 Å². The van der Waals surface area contributed by atoms with Gasteiger partial charge in [0.25, 0.3) is 0 Å². The van der Waals surface area contributed by atoms with E-state index >= 15 is 0 Å². The maximum absolute atomic E-state index is 12.3. The Balaban J connectivity index is 1.91. The molecular weight excluding hydrogens is 288 g/mol. The standard InChI is InChI=1S/C16H21ClN2O2/c1-11(9-13-5-3-6-14(17)10-13)18-16(21)15-7-4-8-19(15)12(2)20/h3,5-6,10-11,15H,4,7-9H2,1-2H3,(H,18,21)/t11-,15+/m1/s1. The normalized spacial score (nSPS) is 19.4. The van der Waals surface area contributed by atoms with Gasteiger partial charge in [0.05, 0.1) is 0 Å². The first kappa shape index (κ1) is 15.8. The number of halogens is 1. The largest absolute Gasteiger partial charge is 0.352 e. The number of nitrogens with one attached hydrogen (secondary N) is 1. The van der Waals surface area contributed by atoms with Crippen LogP contribution in [0, 0.1) is 0 Å². The summed E-state index contributed by atoms with van der Waals surface area (Å²) in [7, 11) is 0. The number of benzene rings is 1. The predicted molar refractivity (Wildman–Crippen MR) is 83.2 cm³/mol. The van der Waals surface area contributed by atoms with Crippen molar-refractivity contribution < 1.29 is 9.59 Å². The molecule has 4 nitrogen and oxygen atoms in total. The number of nitrogens with zero attached hydrogens (tertiary/aromatic N) is 1. The van der Waals surface area contributed by atoms with Crippen molar-refractivity contribution in [1.29, 1.82) is 0 Å². The van der Waals surface area contributed by atoms with Gasteiger partial charge in [0.15, 0.2) is 0 Å². The number of carbonyl (C=O) groups is 2. The molecule has 1 heterocycles. The first-order valence-electron chi connectivity index (χ1n) is 7.29. The molecule has 0 saturated carbocycles. The van der Waals surface area contributed by atoms with Crippen LogP contribution in [0.5, 0.6) is 0 Å². The monoisotopic (exact) mass is 308 g/mol. The summed E-state index contributed by atoms with van der Waals surface area (Å²) in [5.74, 6) is -0.0904. The Morgan fingerprint density at radius 1 is 1.48 bits per heavy atom. The highest BCUT2D eigenvalue weighted by Crippen LogP contribution is 2.18. The number of hydrogen-bond donors (Lipinski definition) is 1. The van der Waals surface area contributed by atoms with E-state index in [0.29, 0.717) is 11.6 Å². The van der Waals surface area contributed by atoms with Crippen LogP contribution < -0.4 is 5.32 Å². The third-order valence-electron chi connectivity index (χ3n) is 3.78. The van der Waals surface area contributed by atoms with Crippen molar-refractivity contribution >= 4 is 23.4 Å². The van der Waals surface area contributed by atoms with Crippen LogP contribution in [-0.2, 0) is 16.0 Å². The molecule has 21 heavy (non-hydrogen) atoms. The van der Waals surface area contributed by atoms with Crippen LogP contribution in [0.2, 0.25) is 5.02 Å². The van der Waals surface area contributed by atoms with Crippen molar-refractivity contribution in [1.82, 2.24) is 10.2 Å². The Labute approximate surface area is 130 Å². The van der Waals surface area contributed by atoms with Gasteiger partial charge < -0.3 is 10.2 Å². The summed E-state index contributed by atoms with van der Waals surface area (Å²) in [5, 5.41) is 3.70. The number of likely N-dealkylation sites (tertiary alicyclic amines) is 1. The maximum Gasteiger partial charge on any atom is 0.243 e. The van der Waals surface area contributed by atoms with Crippen molar-refractivity contribution in [2.24, 2.45) is 0 Å². The Morgan fingerprint density at radius 3 is 2.90 bits per heavy atom. The van der Waals surface area contributed by atoms with E-state index in [-0.39, 0.29) is 23.9 Å². The van der Waals surface area contributed by atoms with E-state index < -0.39 is 0 Å². The lowest BCUT2D eigenvalue weighted by molar-refractivity contribution is -0.137. The Kier molecular flexibility index (Phi) is 5.23. The molecule has 0 spiro atoms. The lowest BCUT2D eigenvalue weighted by Crippen LogP contribution is -2.48. The van der Waals surface area contributed by atoms with Crippen LogP contribution in [-0.4, -0.2) is 35.3 Å². The number of amides is 2. The molecule has 0 bridgehead atoms. The van der Waals surface area contributed by atoms with Gasteiger partial charge in [-0.3, -0.25) is 9.59 Å². The zero-order valence-corrected chi connectivity index (χ0v) is 13.2. The summed E-state index contributed by atoms with van der Waals surface area (Å²) in [6, 6.07) is 7.32. The van der Waals surface area contributed by atoms with E-state index in [1.165, 1.54) is 6.92 Å². The van der Waals surface area contributed by atoms with E-state index in [4.69, 9.17) is 11.6 Å². The maximum atomic E-state index is 12.3. The van der Waals surface area contributed by atoms with E-state index in [0.717, 1.165) is 24.8 Å². The molecule has 1 aromatic rings. The summed E-state index contributed by atoms with van der Waals surface area (Å²) >= 11 is 5.96. The van der Waals surface area contributed by atoms with Crippen LogP contribution in [0.25, 0.3) is 0 Å². The average molecular weight is 309 g/mol. The highest BCUT2D eigenvalue weighted by atomic mass is 35.5. The van der Waals surface area contributed by atoms with Crippen LogP contribution >= 0.6 is 11.6 Å². The van der Waals surface area contributed by atoms with Crippen molar-refractivity contribution in [3.63, 3.8) is 0 Å². The summed E-state index contributed by atoms with van der Waals surface area (Å²) in [5.41, 5.74) is 1.09. The molecule has 0 radical (unpaired) electrons. The minimum absolute atomic E-state index is 0.00498. The summed E-state index contributed by atoms with van der Waals surface area (Å²) in [4.78, 5) is 25.5. The third-order valence-corrected chi connectivity index (χ3v) is 4.01. The predicted octanol–water partition coefficient (Wildman–Crippen LogP) is 2.40. The van der Waals surface area contributed by atoms with Gasteiger partial charge in [-0.05, 0) is 43.9 Å². The number of rotatable bonds is 4. The van der Waals surface area contributed by atoms with Crippen molar-refractivity contribution in [3.05, 3.63) is 34.9 Å². The first-order valence-corrected chi connectivity index (χ1v) is 7.67. The van der Waals surface area contributed by atoms with E-state index in [1.807, 2.05) is 31.2 Å². The molecule has 2 atom stereocenters. The topological polar surface area (TPSA) is 49.4 Å². The van der Waals surface area contributed by atoms with Crippen LogP contribution in [0.3, 0.4) is 0 Å². The minimum Gasteiger partial charge on any atom is -0.352 e. The fraction of sp³-hybridized carbons (Fsp3) is 0.500. The van der Waals surface area contributed by atoms with Gasteiger partial charge in [-0.2, -0.15) is 0 Å². The van der Waals surface area contributed by atoms with Gasteiger partial charge in [-0.25, -0.2) is 0 Å². The van der Waals surface area contributed by atoms with Gasteiger partial charge in [0.2, 0.25) is 11.8 Å². The highest BCUT2D eigenvalue weighted by molar-refractivity contribution is 6.30. The minimum atomic E-state index is -0.315. The molecule has 0 aromatic heterocycles. The molecule has 1 aromatic carbocycles. The van der Waals surface area contributed by atoms with Gasteiger partial charge in [-0.1, -0.05) is 23.7 Å². The first-order chi connectivity index (χ1) is 9.97. The van der Waals surface area contributed by atoms with Gasteiger partial charge in [-0.15, -0.1) is 0 Å². The smallest absolute Gasteiger partial charge is 0.243 e. The Hall–Kier alpha value is -1.55. The summed E-state index contributed by atoms with van der Waals surface area (Å²) < 4.78 is 0. The molecule has 0 aliphatic carbocycles. The third kappa shape index (κ3) is 4.21. The molecule has 2 rings (SSSR count). The second kappa shape index (κ2) is 6.94. The second-order valence-corrected chi connectivity index (χ2v) is 6.05. The zero-order valence-electron chi connectivity index (χ0n) is 12.4. The zero-order chi connectivity index (χ0) is 15.4. The van der Waals surface area contributed by atoms with Crippen molar-refractivity contribution in [2.45, 2.75) is 45.2 Å². The molecular formula is C16H21ClN2O2. The average Bonchev–Trinajstić information content (AvgIpc) is 2.87. The SMILES string of the molecule is CC(=O)N1CCC[C@H]1C(=O)N[C@H](C)Cc1cccc(Cl)c1. The van der Waals surface area contributed by atoms with Crippen molar-refractivity contribution in [2.75, 3.05) is 6.54 Å². The van der Waals surface area contributed by atoms with Crippen molar-refractivity contribution in [3.8, 4) is 0 Å². The lowest BCUT2D eigenvalue weighted by atomic mass is 10.1. The van der Waals surface area contributed by atoms with Gasteiger partial charge >= 0.3 is 0 Å². The van der Waals surface area contributed by atoms with E-state index in [1.54, 1.807) is 4.90 Å². The van der Waals surface area contributed by atoms with Crippen LogP contribution in [0.15, 0.2) is 24.3 Å². The van der Waals surface area contributed by atoms with Gasteiger partial charge in [0, 0.05) is 24.5 Å². The molecule has 1 N–H and O–H groups in total. The molecule has 1 aliphatic rings. The molecule has 2 amide bonds. The number of hydrogen-bond acceptors (Lipinski definition) is 2. The quantitative estimate of drug-likeness (QED) is 0.928. The second-order valence-electron chi connectivity index (χ2n) is 5.61. The number of carbonyl (C=O) groups excluding carboxylic acids is 2.